The highest BCUT2D eigenvalue weighted by Gasteiger charge is 2.50. The lowest BCUT2D eigenvalue weighted by Gasteiger charge is -2.39. The summed E-state index contributed by atoms with van der Waals surface area (Å²) in [5.41, 5.74) is -3.49. The topological polar surface area (TPSA) is 279 Å². The standard InChI is InChI=1S/C55H65F2N5O15/c1-12-60-23-34(54(72)73)47(67)32-20-35(56)43(40(57)42(32)60)61-17-18-62(26(4)22-61)58-21-33-41-49(69)38-37(48(33)68)39-51(30(8)46(38)66)77-55(10,52(39)70)75-19-16-36(74-11)27(5)50(76-31(9)63)29(7)45(65)28(6)44(64)24(2)14-13-15-25(3)53(71)59-41/h13-16,19-21,23-24,26-29,36,44-45,50,64-66,68-69H,12,17-18,22H2,1-11H3,(H,59,71)(H,72,73)/t24-,26?,27+,28+,29+,36-,44-,45+,50+,55-/m0/s1. The number of methoxy groups -OCH3 is 1. The number of Topliss-reactive ketones (excluding diaryl/α,β-unsaturated/α-hetero) is 1. The number of phenolic OH excluding ortho intramolecular Hbond substituents is 3. The van der Waals surface area contributed by atoms with E-state index in [-0.39, 0.29) is 59.7 Å². The molecule has 22 heteroatoms. The summed E-state index contributed by atoms with van der Waals surface area (Å²) >= 11 is 0. The molecule has 20 nitrogen and oxygen atoms in total. The number of amides is 1. The van der Waals surface area contributed by atoms with Crippen molar-refractivity contribution in [3.8, 4) is 23.0 Å². The van der Waals surface area contributed by atoms with Gasteiger partial charge in [0, 0.05) is 87.0 Å². The average Bonchev–Trinajstić information content (AvgIpc) is 3.68. The fourth-order valence-corrected chi connectivity index (χ4v) is 10.5. The molecule has 1 amide bonds. The van der Waals surface area contributed by atoms with Gasteiger partial charge in [0.15, 0.2) is 11.6 Å². The quantitative estimate of drug-likeness (QED) is 0.0444. The van der Waals surface area contributed by atoms with Gasteiger partial charge in [0.25, 0.3) is 11.7 Å². The van der Waals surface area contributed by atoms with Gasteiger partial charge in [-0.1, -0.05) is 45.9 Å². The number of aliphatic hydroxyl groups is 2. The number of rotatable bonds is 7. The number of halogens is 2. The number of pyridine rings is 1. The van der Waals surface area contributed by atoms with Crippen LogP contribution in [0.1, 0.15) is 94.2 Å². The molecule has 1 fully saturated rings. The number of ketones is 1. The Hall–Kier alpha value is -7.56. The van der Waals surface area contributed by atoms with E-state index in [9.17, 15) is 54.6 Å². The van der Waals surface area contributed by atoms with E-state index in [0.29, 0.717) is 0 Å². The maximum absolute atomic E-state index is 16.5. The Morgan fingerprint density at radius 2 is 1.65 bits per heavy atom. The number of phenols is 3. The lowest BCUT2D eigenvalue weighted by Crippen LogP contribution is -2.50. The fourth-order valence-electron chi connectivity index (χ4n) is 10.5. The van der Waals surface area contributed by atoms with Crippen LogP contribution in [0.5, 0.6) is 23.0 Å². The van der Waals surface area contributed by atoms with E-state index in [4.69, 9.17) is 18.9 Å². The van der Waals surface area contributed by atoms with Crippen LogP contribution in [0.25, 0.3) is 21.7 Å². The first-order chi connectivity index (χ1) is 36.2. The number of hydrazone groups is 1. The summed E-state index contributed by atoms with van der Waals surface area (Å²) in [6.45, 7) is 15.4. The van der Waals surface area contributed by atoms with Gasteiger partial charge < -0.3 is 64.4 Å². The highest BCUT2D eigenvalue weighted by molar-refractivity contribution is 6.24. The van der Waals surface area contributed by atoms with Crippen molar-refractivity contribution in [1.29, 1.82) is 0 Å². The van der Waals surface area contributed by atoms with E-state index in [0.717, 1.165) is 24.7 Å². The number of nitrogens with one attached hydrogen (secondary N) is 1. The Morgan fingerprint density at radius 1 is 0.961 bits per heavy atom. The molecular weight excluding hydrogens is 1010 g/mol. The van der Waals surface area contributed by atoms with Crippen molar-refractivity contribution < 1.29 is 77.5 Å². The molecule has 1 aromatic heterocycles. The molecule has 4 aliphatic heterocycles. The van der Waals surface area contributed by atoms with Crippen LogP contribution in [0.3, 0.4) is 0 Å². The number of aromatic carboxylic acids is 1. The van der Waals surface area contributed by atoms with Crippen LogP contribution < -0.4 is 20.4 Å². The Bertz CT molecular complexity index is 3250. The number of benzene rings is 3. The Balaban J connectivity index is 1.33. The number of aliphatic hydroxyl groups excluding tert-OH is 2. The van der Waals surface area contributed by atoms with E-state index in [2.05, 4.69) is 10.4 Å². The number of esters is 1. The average molecular weight is 1070 g/mol. The summed E-state index contributed by atoms with van der Waals surface area (Å²) in [5, 5.41) is 76.5. The molecule has 0 radical (unpaired) electrons. The number of aromatic nitrogens is 1. The van der Waals surface area contributed by atoms with Crippen molar-refractivity contribution in [1.82, 2.24) is 9.58 Å². The maximum Gasteiger partial charge on any atom is 0.341 e. The molecule has 4 aliphatic rings. The normalized spacial score (nSPS) is 26.6. The molecule has 0 spiro atoms. The number of hydrogen-bond acceptors (Lipinski definition) is 17. The summed E-state index contributed by atoms with van der Waals surface area (Å²) in [6, 6.07) is 0.178. The summed E-state index contributed by atoms with van der Waals surface area (Å²) in [4.78, 5) is 67.4. The van der Waals surface area contributed by atoms with Crippen LogP contribution in [0, 0.1) is 42.2 Å². The molecule has 1 saturated heterocycles. The highest BCUT2D eigenvalue weighted by Crippen LogP contribution is 2.55. The van der Waals surface area contributed by atoms with Crippen molar-refractivity contribution in [2.24, 2.45) is 28.8 Å². The Kier molecular flexibility index (Phi) is 16.5. The number of carbonyl (C=O) groups excluding carboxylic acids is 3. The Labute approximate surface area is 442 Å². The second-order valence-corrected chi connectivity index (χ2v) is 20.2. The lowest BCUT2D eigenvalue weighted by atomic mass is 9.78. The minimum Gasteiger partial charge on any atom is -0.507 e. The SMILES string of the molecule is CCn1cc(C(=O)O)c(=O)c2cc(F)c(N3CCN(N=Cc4c5c(O)c6c(O)c(C)c7c(c6c4O)C(=O)[C@@](C)(OC=C[C@H](OC)[C@@H](C)[C@@H](OC(C)=O)[C@H](C)[C@H](O)[C@H](C)[C@@H](O)[C@@H](C)C=CC=C(C)C(=O)N5)O7)C(C)C3)c(F)c21. The van der Waals surface area contributed by atoms with Gasteiger partial charge in [-0.05, 0) is 39.8 Å². The van der Waals surface area contributed by atoms with E-state index >= 15 is 8.78 Å². The number of fused-ring (bicyclic) bond motifs is 15. The second-order valence-electron chi connectivity index (χ2n) is 20.2. The van der Waals surface area contributed by atoms with Gasteiger partial charge in [-0.3, -0.25) is 24.2 Å². The molecule has 414 valence electrons. The number of aryl methyl sites for hydroxylation is 1. The molecule has 8 rings (SSSR count). The van der Waals surface area contributed by atoms with Crippen molar-refractivity contribution in [3.05, 3.63) is 92.5 Å². The van der Waals surface area contributed by atoms with Crippen LogP contribution in [-0.2, 0) is 30.3 Å². The number of aromatic hydroxyl groups is 3. The van der Waals surface area contributed by atoms with E-state index in [1.807, 2.05) is 0 Å². The van der Waals surface area contributed by atoms with Gasteiger partial charge in [-0.25, -0.2) is 13.6 Å². The molecule has 3 aromatic carbocycles. The molecular formula is C55H65F2N5O15. The maximum atomic E-state index is 16.5. The largest absolute Gasteiger partial charge is 0.507 e. The number of carboxylic acids is 1. The number of allylic oxidation sites excluding steroid dienone is 2. The smallest absolute Gasteiger partial charge is 0.341 e. The van der Waals surface area contributed by atoms with Crippen molar-refractivity contribution in [2.75, 3.05) is 37.0 Å². The van der Waals surface area contributed by atoms with Gasteiger partial charge in [-0.2, -0.15) is 5.10 Å². The molecule has 10 atom stereocenters. The lowest BCUT2D eigenvalue weighted by molar-refractivity contribution is -0.160. The number of carboxylic acid groups (broad SMARTS) is 1. The molecule has 0 saturated carbocycles. The predicted octanol–water partition coefficient (Wildman–Crippen LogP) is 6.61. The molecule has 4 aromatic rings. The van der Waals surface area contributed by atoms with Crippen LogP contribution >= 0.6 is 0 Å². The van der Waals surface area contributed by atoms with E-state index in [1.165, 1.54) is 67.5 Å². The summed E-state index contributed by atoms with van der Waals surface area (Å²) < 4.78 is 57.3. The summed E-state index contributed by atoms with van der Waals surface area (Å²) in [5.74, 6) is -13.3. The number of nitrogens with zero attached hydrogens (tertiary/aromatic N) is 4. The van der Waals surface area contributed by atoms with E-state index < -0.39 is 151 Å². The van der Waals surface area contributed by atoms with Gasteiger partial charge in [-0.15, -0.1) is 0 Å². The van der Waals surface area contributed by atoms with Crippen LogP contribution in [0.15, 0.2) is 58.3 Å². The summed E-state index contributed by atoms with van der Waals surface area (Å²) in [6.07, 6.45) is 5.07. The Morgan fingerprint density at radius 3 is 2.27 bits per heavy atom. The zero-order chi connectivity index (χ0) is 56.9. The third kappa shape index (κ3) is 10.4. The minimum absolute atomic E-state index is 0.00870. The number of ether oxygens (including phenoxy) is 4. The van der Waals surface area contributed by atoms with Crippen molar-refractivity contribution in [2.45, 2.75) is 112 Å². The minimum atomic E-state index is -2.17. The van der Waals surface area contributed by atoms with Gasteiger partial charge in [0.2, 0.25) is 5.43 Å². The zero-order valence-corrected chi connectivity index (χ0v) is 44.5. The fraction of sp³-hybridized carbons (Fsp3) is 0.455. The van der Waals surface area contributed by atoms with Crippen molar-refractivity contribution in [3.63, 3.8) is 0 Å². The van der Waals surface area contributed by atoms with Crippen LogP contribution in [-0.4, -0.2) is 133 Å². The van der Waals surface area contributed by atoms with Gasteiger partial charge in [0.05, 0.1) is 76.5 Å². The number of anilines is 2. The highest BCUT2D eigenvalue weighted by atomic mass is 19.1. The summed E-state index contributed by atoms with van der Waals surface area (Å²) in [7, 11) is 1.40. The van der Waals surface area contributed by atoms with Crippen LogP contribution in [0.4, 0.5) is 20.2 Å². The zero-order valence-electron chi connectivity index (χ0n) is 44.5. The molecule has 5 heterocycles. The third-order valence-corrected chi connectivity index (χ3v) is 15.1. The molecule has 77 heavy (non-hydrogen) atoms. The molecule has 5 bridgehead atoms. The number of piperazine rings is 1. The van der Waals surface area contributed by atoms with Crippen LogP contribution in [0.2, 0.25) is 0 Å². The molecule has 0 aliphatic carbocycles. The molecule has 7 N–H and O–H groups in total. The number of hydrogen-bond donors (Lipinski definition) is 7. The first-order valence-electron chi connectivity index (χ1n) is 25.1. The first kappa shape index (κ1) is 57.2. The monoisotopic (exact) mass is 1070 g/mol. The molecule has 1 unspecified atom stereocenters. The predicted molar refractivity (Wildman–Crippen MR) is 281 cm³/mol. The van der Waals surface area contributed by atoms with Crippen molar-refractivity contribution >= 4 is 62.9 Å². The van der Waals surface area contributed by atoms with Gasteiger partial charge >= 0.3 is 17.7 Å². The van der Waals surface area contributed by atoms with E-state index in [1.54, 1.807) is 47.6 Å². The third-order valence-electron chi connectivity index (χ3n) is 15.1. The first-order valence-corrected chi connectivity index (χ1v) is 25.1. The number of carbonyl (C=O) groups is 4. The van der Waals surface area contributed by atoms with Gasteiger partial charge in [0.1, 0.15) is 40.4 Å². The second kappa shape index (κ2) is 22.2.